The van der Waals surface area contributed by atoms with Gasteiger partial charge in [-0.25, -0.2) is 0 Å². The lowest BCUT2D eigenvalue weighted by Crippen LogP contribution is -2.29. The number of aromatic nitrogens is 2. The highest BCUT2D eigenvalue weighted by Crippen LogP contribution is 2.43. The molecule has 4 aromatic rings. The van der Waals surface area contributed by atoms with Crippen molar-refractivity contribution in [2.75, 3.05) is 6.61 Å². The van der Waals surface area contributed by atoms with Crippen molar-refractivity contribution in [2.45, 2.75) is 45.7 Å². The Labute approximate surface area is 217 Å². The number of fused-ring (bicyclic) bond motifs is 1. The molecule has 0 saturated heterocycles. The molecule has 1 amide bonds. The van der Waals surface area contributed by atoms with Gasteiger partial charge in [-0.2, -0.15) is 5.10 Å². The van der Waals surface area contributed by atoms with Crippen molar-refractivity contribution < 1.29 is 9.53 Å². The third-order valence-electron chi connectivity index (χ3n) is 6.67. The number of ether oxygens (including phenoxy) is 1. The molecule has 2 heterocycles. The maximum Gasteiger partial charge on any atom is 0.273 e. The van der Waals surface area contributed by atoms with E-state index in [2.05, 4.69) is 60.4 Å². The summed E-state index contributed by atoms with van der Waals surface area (Å²) in [5.41, 5.74) is 6.42. The quantitative estimate of drug-likeness (QED) is 0.245. The average Bonchev–Trinajstić information content (AvgIpc) is 3.43. The van der Waals surface area contributed by atoms with E-state index in [4.69, 9.17) is 16.3 Å². The molecule has 1 aliphatic heterocycles. The maximum absolute atomic E-state index is 13.6. The SMILES string of the molecule is CCCCCOc1ccc(C2c3c(-c4ccc(Cl)cc4)n[nH]c3C(=O)N2Cc2ccc(C)cc2)cc1. The first-order chi connectivity index (χ1) is 17.5. The van der Waals surface area contributed by atoms with Gasteiger partial charge in [0.2, 0.25) is 0 Å². The lowest BCUT2D eigenvalue weighted by Gasteiger charge is -2.27. The van der Waals surface area contributed by atoms with Gasteiger partial charge in [-0.15, -0.1) is 0 Å². The Morgan fingerprint density at radius 1 is 0.972 bits per heavy atom. The van der Waals surface area contributed by atoms with Crippen LogP contribution >= 0.6 is 11.6 Å². The maximum atomic E-state index is 13.6. The zero-order valence-corrected chi connectivity index (χ0v) is 21.4. The van der Waals surface area contributed by atoms with Gasteiger partial charge in [-0.3, -0.25) is 9.89 Å². The van der Waals surface area contributed by atoms with Crippen LogP contribution in [0, 0.1) is 6.92 Å². The normalized spacial score (nSPS) is 14.8. The van der Waals surface area contributed by atoms with Gasteiger partial charge >= 0.3 is 0 Å². The van der Waals surface area contributed by atoms with E-state index >= 15 is 0 Å². The number of unbranched alkanes of at least 4 members (excludes halogenated alkanes) is 2. The van der Waals surface area contributed by atoms with Crippen LogP contribution in [0.25, 0.3) is 11.3 Å². The van der Waals surface area contributed by atoms with Gasteiger partial charge in [0, 0.05) is 22.7 Å². The third-order valence-corrected chi connectivity index (χ3v) is 6.92. The fourth-order valence-corrected chi connectivity index (χ4v) is 4.84. The number of carbonyl (C=O) groups is 1. The molecule has 6 heteroatoms. The molecule has 1 aromatic heterocycles. The monoisotopic (exact) mass is 499 g/mol. The minimum absolute atomic E-state index is 0.0526. The van der Waals surface area contributed by atoms with Crippen LogP contribution in [0.5, 0.6) is 5.75 Å². The Kier molecular flexibility index (Phi) is 7.10. The van der Waals surface area contributed by atoms with Crippen LogP contribution in [0.4, 0.5) is 0 Å². The number of hydrogen-bond donors (Lipinski definition) is 1. The summed E-state index contributed by atoms with van der Waals surface area (Å²) in [4.78, 5) is 15.5. The molecule has 3 aromatic carbocycles. The van der Waals surface area contributed by atoms with Crippen LogP contribution in [-0.4, -0.2) is 27.6 Å². The van der Waals surface area contributed by atoms with E-state index in [-0.39, 0.29) is 11.9 Å². The highest BCUT2D eigenvalue weighted by Gasteiger charge is 2.42. The minimum atomic E-state index is -0.271. The molecule has 1 atom stereocenters. The van der Waals surface area contributed by atoms with Crippen LogP contribution in [-0.2, 0) is 6.54 Å². The topological polar surface area (TPSA) is 58.2 Å². The van der Waals surface area contributed by atoms with Crippen molar-refractivity contribution in [3.05, 3.63) is 106 Å². The van der Waals surface area contributed by atoms with E-state index in [0.717, 1.165) is 53.0 Å². The summed E-state index contributed by atoms with van der Waals surface area (Å²) < 4.78 is 5.93. The predicted octanol–water partition coefficient (Wildman–Crippen LogP) is 7.35. The molecule has 0 spiro atoms. The summed E-state index contributed by atoms with van der Waals surface area (Å²) in [5.74, 6) is 0.790. The summed E-state index contributed by atoms with van der Waals surface area (Å²) in [7, 11) is 0. The molecule has 5 rings (SSSR count). The number of aromatic amines is 1. The van der Waals surface area contributed by atoms with Gasteiger partial charge in [0.25, 0.3) is 5.91 Å². The number of rotatable bonds is 9. The predicted molar refractivity (Wildman–Crippen MR) is 143 cm³/mol. The number of aryl methyl sites for hydroxylation is 1. The van der Waals surface area contributed by atoms with Crippen molar-refractivity contribution in [3.63, 3.8) is 0 Å². The van der Waals surface area contributed by atoms with Gasteiger partial charge in [0.15, 0.2) is 0 Å². The van der Waals surface area contributed by atoms with Gasteiger partial charge in [0.05, 0.1) is 18.3 Å². The van der Waals surface area contributed by atoms with Crippen LogP contribution in [0.15, 0.2) is 72.8 Å². The second-order valence-electron chi connectivity index (χ2n) is 9.31. The van der Waals surface area contributed by atoms with E-state index in [1.54, 1.807) is 0 Å². The molecular weight excluding hydrogens is 470 g/mol. The van der Waals surface area contributed by atoms with Crippen molar-refractivity contribution >= 4 is 17.5 Å². The van der Waals surface area contributed by atoms with E-state index in [9.17, 15) is 4.79 Å². The molecule has 1 unspecified atom stereocenters. The Morgan fingerprint density at radius 2 is 1.69 bits per heavy atom. The van der Waals surface area contributed by atoms with Crippen LogP contribution in [0.3, 0.4) is 0 Å². The summed E-state index contributed by atoms with van der Waals surface area (Å²) in [6, 6.07) is 23.7. The fourth-order valence-electron chi connectivity index (χ4n) is 4.71. The van der Waals surface area contributed by atoms with Crippen molar-refractivity contribution in [3.8, 4) is 17.0 Å². The van der Waals surface area contributed by atoms with Crippen molar-refractivity contribution in [1.82, 2.24) is 15.1 Å². The second-order valence-corrected chi connectivity index (χ2v) is 9.75. The Balaban J connectivity index is 1.51. The number of amides is 1. The number of benzene rings is 3. The molecule has 1 aliphatic rings. The van der Waals surface area contributed by atoms with Gasteiger partial charge in [-0.05, 0) is 48.7 Å². The molecule has 0 fully saturated rings. The lowest BCUT2D eigenvalue weighted by molar-refractivity contribution is 0.0730. The minimum Gasteiger partial charge on any atom is -0.494 e. The lowest BCUT2D eigenvalue weighted by atomic mass is 9.96. The number of nitrogens with one attached hydrogen (secondary N) is 1. The Bertz CT molecular complexity index is 1330. The number of H-pyrrole nitrogens is 1. The Hall–Kier alpha value is -3.57. The van der Waals surface area contributed by atoms with Crippen molar-refractivity contribution in [1.29, 1.82) is 0 Å². The standard InChI is InChI=1S/C30H30ClN3O2/c1-3-4-5-18-36-25-16-12-23(13-17-25)29-26-27(22-10-14-24(31)15-11-22)32-33-28(26)30(35)34(29)19-21-8-6-20(2)7-9-21/h6-17,29H,3-5,18-19H2,1-2H3,(H,32,33). The molecular formula is C30H30ClN3O2. The summed E-state index contributed by atoms with van der Waals surface area (Å²) >= 11 is 6.13. The molecule has 0 saturated carbocycles. The molecule has 5 nitrogen and oxygen atoms in total. The van der Waals surface area contributed by atoms with Crippen molar-refractivity contribution in [2.24, 2.45) is 0 Å². The molecule has 0 radical (unpaired) electrons. The molecule has 36 heavy (non-hydrogen) atoms. The van der Waals surface area contributed by atoms with Crippen LogP contribution in [0.1, 0.15) is 65.0 Å². The van der Waals surface area contributed by atoms with Crippen LogP contribution in [0.2, 0.25) is 5.02 Å². The zero-order chi connectivity index (χ0) is 25.1. The highest BCUT2D eigenvalue weighted by molar-refractivity contribution is 6.30. The Morgan fingerprint density at radius 3 is 2.39 bits per heavy atom. The van der Waals surface area contributed by atoms with E-state index in [1.165, 1.54) is 5.56 Å². The smallest absolute Gasteiger partial charge is 0.273 e. The zero-order valence-electron chi connectivity index (χ0n) is 20.6. The third kappa shape index (κ3) is 4.89. The first kappa shape index (κ1) is 24.1. The number of hydrogen-bond acceptors (Lipinski definition) is 3. The van der Waals surface area contributed by atoms with Gasteiger partial charge in [0.1, 0.15) is 11.4 Å². The molecule has 0 bridgehead atoms. The van der Waals surface area contributed by atoms with E-state index < -0.39 is 0 Å². The largest absolute Gasteiger partial charge is 0.494 e. The van der Waals surface area contributed by atoms with E-state index in [1.807, 2.05) is 41.3 Å². The van der Waals surface area contributed by atoms with Gasteiger partial charge < -0.3 is 9.64 Å². The average molecular weight is 500 g/mol. The highest BCUT2D eigenvalue weighted by atomic mass is 35.5. The van der Waals surface area contributed by atoms with E-state index in [0.29, 0.717) is 23.9 Å². The van der Waals surface area contributed by atoms with Gasteiger partial charge in [-0.1, -0.05) is 85.5 Å². The molecule has 0 aliphatic carbocycles. The number of halogens is 1. The summed E-state index contributed by atoms with van der Waals surface area (Å²) in [6.45, 7) is 5.46. The summed E-state index contributed by atoms with van der Waals surface area (Å²) in [6.07, 6.45) is 3.37. The molecule has 184 valence electrons. The number of nitrogens with zero attached hydrogens (tertiary/aromatic N) is 2. The first-order valence-electron chi connectivity index (χ1n) is 12.5. The van der Waals surface area contributed by atoms with Crippen LogP contribution < -0.4 is 4.74 Å². The number of carbonyl (C=O) groups excluding carboxylic acids is 1. The fraction of sp³-hybridized carbons (Fsp3) is 0.267. The summed E-state index contributed by atoms with van der Waals surface area (Å²) in [5, 5.41) is 8.24. The first-order valence-corrected chi connectivity index (χ1v) is 12.9. The molecule has 1 N–H and O–H groups in total. The second kappa shape index (κ2) is 10.6.